The first-order valence-electron chi connectivity index (χ1n) is 9.55. The topological polar surface area (TPSA) is 96.2 Å². The normalized spacial score (nSPS) is 10.7. The van der Waals surface area contributed by atoms with Crippen LogP contribution >= 0.6 is 11.6 Å². The van der Waals surface area contributed by atoms with Gasteiger partial charge in [0.1, 0.15) is 12.0 Å². The zero-order valence-corrected chi connectivity index (χ0v) is 17.4. The highest BCUT2D eigenvalue weighted by atomic mass is 35.5. The number of hydroxylamine groups is 1. The van der Waals surface area contributed by atoms with Gasteiger partial charge in [-0.2, -0.15) is 10.2 Å². The third-order valence-electron chi connectivity index (χ3n) is 4.60. The maximum atomic E-state index is 12.5. The Balaban J connectivity index is 1.63. The summed E-state index contributed by atoms with van der Waals surface area (Å²) in [5.74, 6) is 0. The van der Waals surface area contributed by atoms with Crippen LogP contribution in [0.2, 0.25) is 5.02 Å². The first-order chi connectivity index (χ1) is 15.0. The van der Waals surface area contributed by atoms with E-state index in [2.05, 4.69) is 20.4 Å². The number of aromatic nitrogens is 4. The van der Waals surface area contributed by atoms with Crippen LogP contribution in [0.3, 0.4) is 0 Å². The summed E-state index contributed by atoms with van der Waals surface area (Å²) in [6.07, 6.45) is 5.03. The molecule has 2 amide bonds. The van der Waals surface area contributed by atoms with Gasteiger partial charge in [-0.3, -0.25) is 9.89 Å². The number of nitrogens with one attached hydrogen (secondary N) is 1. The molecule has 0 saturated carbocycles. The Bertz CT molecular complexity index is 1190. The van der Waals surface area contributed by atoms with Gasteiger partial charge < -0.3 is 5.32 Å². The van der Waals surface area contributed by atoms with E-state index < -0.39 is 6.03 Å². The Morgan fingerprint density at radius 3 is 2.71 bits per heavy atom. The lowest BCUT2D eigenvalue weighted by Crippen LogP contribution is -2.31. The van der Waals surface area contributed by atoms with Crippen LogP contribution < -0.4 is 10.4 Å². The van der Waals surface area contributed by atoms with Gasteiger partial charge in [-0.05, 0) is 55.0 Å². The predicted molar refractivity (Wildman–Crippen MR) is 119 cm³/mol. The Labute approximate surface area is 183 Å². The number of aryl methyl sites for hydroxylation is 1. The summed E-state index contributed by atoms with van der Waals surface area (Å²) in [4.78, 5) is 20.7. The van der Waals surface area contributed by atoms with Gasteiger partial charge in [0.05, 0.1) is 11.4 Å². The fourth-order valence-electron chi connectivity index (χ4n) is 3.05. The average Bonchev–Trinajstić information content (AvgIpc) is 3.25. The summed E-state index contributed by atoms with van der Waals surface area (Å²) in [5, 5.41) is 18.8. The average molecular weight is 435 g/mol. The highest BCUT2D eigenvalue weighted by Gasteiger charge is 2.18. The number of hydrogen-bond donors (Lipinski definition) is 2. The van der Waals surface area contributed by atoms with Crippen molar-refractivity contribution in [3.8, 4) is 22.5 Å². The number of nitrogens with zero attached hydrogens (tertiary/aromatic N) is 5. The van der Waals surface area contributed by atoms with Crippen LogP contribution in [-0.2, 0) is 6.54 Å². The van der Waals surface area contributed by atoms with E-state index in [0.717, 1.165) is 11.1 Å². The van der Waals surface area contributed by atoms with Crippen molar-refractivity contribution in [1.29, 1.82) is 0 Å². The molecule has 8 nitrogen and oxygen atoms in total. The second-order valence-electron chi connectivity index (χ2n) is 6.64. The fraction of sp³-hybridized carbons (Fsp3) is 0.0909. The quantitative estimate of drug-likeness (QED) is 0.336. The van der Waals surface area contributed by atoms with Gasteiger partial charge in [-0.15, -0.1) is 0 Å². The molecule has 0 spiro atoms. The number of amides is 2. The summed E-state index contributed by atoms with van der Waals surface area (Å²) in [6, 6.07) is 14.7. The van der Waals surface area contributed by atoms with Gasteiger partial charge in [0, 0.05) is 35.2 Å². The van der Waals surface area contributed by atoms with Gasteiger partial charge in [0.2, 0.25) is 0 Å². The van der Waals surface area contributed by atoms with Crippen molar-refractivity contribution in [1.82, 2.24) is 19.7 Å². The summed E-state index contributed by atoms with van der Waals surface area (Å²) in [7, 11) is 0. The zero-order valence-electron chi connectivity index (χ0n) is 16.6. The SMILES string of the molecule is CCn1cc(-c2cccc(N(O)C(=O)Nc3ccc(Cl)cc3)c2)c(-c2ccncn2)n1. The molecule has 0 radical (unpaired) electrons. The number of carbonyl (C=O) groups excluding carboxylic acids is 1. The van der Waals surface area contributed by atoms with E-state index in [1.807, 2.05) is 23.9 Å². The van der Waals surface area contributed by atoms with Gasteiger partial charge in [0.25, 0.3) is 0 Å². The van der Waals surface area contributed by atoms with Gasteiger partial charge in [-0.1, -0.05) is 23.7 Å². The van der Waals surface area contributed by atoms with Crippen molar-refractivity contribution < 1.29 is 10.0 Å². The molecule has 0 aliphatic rings. The Hall–Kier alpha value is -3.75. The van der Waals surface area contributed by atoms with E-state index in [-0.39, 0.29) is 0 Å². The Morgan fingerprint density at radius 2 is 2.00 bits per heavy atom. The molecule has 0 saturated heterocycles. The summed E-state index contributed by atoms with van der Waals surface area (Å²) >= 11 is 5.86. The molecule has 4 aromatic rings. The lowest BCUT2D eigenvalue weighted by Gasteiger charge is -2.17. The summed E-state index contributed by atoms with van der Waals surface area (Å²) < 4.78 is 1.81. The molecule has 156 valence electrons. The molecule has 4 rings (SSSR count). The second-order valence-corrected chi connectivity index (χ2v) is 7.08. The maximum absolute atomic E-state index is 12.5. The van der Waals surface area contributed by atoms with Crippen molar-refractivity contribution in [2.24, 2.45) is 0 Å². The standard InChI is InChI=1S/C22H19ClN6O2/c1-2-28-13-19(21(27-28)20-10-11-24-14-25-20)15-4-3-5-18(12-15)29(31)22(30)26-17-8-6-16(23)7-9-17/h3-14,31H,2H2,1H3,(H,26,30). The van der Waals surface area contributed by atoms with Gasteiger partial charge in [0.15, 0.2) is 0 Å². The fourth-order valence-corrected chi connectivity index (χ4v) is 3.17. The minimum Gasteiger partial charge on any atom is -0.306 e. The molecule has 2 N–H and O–H groups in total. The van der Waals surface area contributed by atoms with Crippen LogP contribution in [0, 0.1) is 0 Å². The molecule has 2 aromatic carbocycles. The molecule has 9 heteroatoms. The highest BCUT2D eigenvalue weighted by Crippen LogP contribution is 2.32. The number of urea groups is 1. The lowest BCUT2D eigenvalue weighted by atomic mass is 10.0. The molecule has 0 fully saturated rings. The van der Waals surface area contributed by atoms with Crippen molar-refractivity contribution in [2.45, 2.75) is 13.5 Å². The minimum absolute atomic E-state index is 0.307. The summed E-state index contributed by atoms with van der Waals surface area (Å²) in [5.41, 5.74) is 3.81. The first kappa shape index (κ1) is 20.5. The number of carbonyl (C=O) groups is 1. The number of halogens is 1. The van der Waals surface area contributed by atoms with Crippen molar-refractivity contribution in [3.63, 3.8) is 0 Å². The molecular weight excluding hydrogens is 416 g/mol. The molecule has 0 atom stereocenters. The number of anilines is 2. The van der Waals surface area contributed by atoms with Gasteiger partial charge >= 0.3 is 6.03 Å². The number of hydrogen-bond acceptors (Lipinski definition) is 5. The van der Waals surface area contributed by atoms with E-state index in [1.165, 1.54) is 6.33 Å². The van der Waals surface area contributed by atoms with Crippen LogP contribution in [0.4, 0.5) is 16.2 Å². The maximum Gasteiger partial charge on any atom is 0.350 e. The van der Waals surface area contributed by atoms with E-state index >= 15 is 0 Å². The van der Waals surface area contributed by atoms with Crippen LogP contribution in [0.5, 0.6) is 0 Å². The molecule has 2 aromatic heterocycles. The molecule has 0 bridgehead atoms. The third-order valence-corrected chi connectivity index (χ3v) is 4.85. The third kappa shape index (κ3) is 4.55. The van der Waals surface area contributed by atoms with Crippen molar-refractivity contribution in [3.05, 3.63) is 78.3 Å². The Kier molecular flexibility index (Phi) is 5.92. The minimum atomic E-state index is -0.695. The van der Waals surface area contributed by atoms with Crippen LogP contribution in [-0.4, -0.2) is 31.0 Å². The molecule has 0 aliphatic heterocycles. The van der Waals surface area contributed by atoms with Crippen LogP contribution in [0.25, 0.3) is 22.5 Å². The lowest BCUT2D eigenvalue weighted by molar-refractivity contribution is 0.216. The van der Waals surface area contributed by atoms with Crippen LogP contribution in [0.15, 0.2) is 73.3 Å². The summed E-state index contributed by atoms with van der Waals surface area (Å²) in [6.45, 7) is 2.68. The number of rotatable bonds is 5. The van der Waals surface area contributed by atoms with E-state index in [0.29, 0.717) is 39.4 Å². The van der Waals surface area contributed by atoms with E-state index in [4.69, 9.17) is 11.6 Å². The second kappa shape index (κ2) is 8.95. The van der Waals surface area contributed by atoms with Crippen molar-refractivity contribution >= 4 is 29.0 Å². The molecule has 0 unspecified atom stereocenters. The molecule has 31 heavy (non-hydrogen) atoms. The van der Waals surface area contributed by atoms with E-state index in [9.17, 15) is 10.0 Å². The zero-order chi connectivity index (χ0) is 21.8. The predicted octanol–water partition coefficient (Wildman–Crippen LogP) is 5.11. The van der Waals surface area contributed by atoms with Crippen LogP contribution in [0.1, 0.15) is 6.92 Å². The van der Waals surface area contributed by atoms with Gasteiger partial charge in [-0.25, -0.2) is 14.8 Å². The largest absolute Gasteiger partial charge is 0.350 e. The van der Waals surface area contributed by atoms with E-state index in [1.54, 1.807) is 54.7 Å². The van der Waals surface area contributed by atoms with Crippen molar-refractivity contribution in [2.75, 3.05) is 10.4 Å². The number of benzene rings is 2. The smallest absolute Gasteiger partial charge is 0.306 e. The molecule has 0 aliphatic carbocycles. The first-order valence-corrected chi connectivity index (χ1v) is 9.93. The molecule has 2 heterocycles. The molecular formula is C22H19ClN6O2. The highest BCUT2D eigenvalue weighted by molar-refractivity contribution is 6.30. The Morgan fingerprint density at radius 1 is 1.19 bits per heavy atom. The monoisotopic (exact) mass is 434 g/mol.